The lowest BCUT2D eigenvalue weighted by atomic mass is 9.95. The number of allylic oxidation sites excluding steroid dienone is 1. The molecule has 4 rings (SSSR count). The summed E-state index contributed by atoms with van der Waals surface area (Å²) in [6, 6.07) is 10.1. The van der Waals surface area contributed by atoms with Gasteiger partial charge >= 0.3 is 0 Å². The van der Waals surface area contributed by atoms with Gasteiger partial charge in [0.15, 0.2) is 11.5 Å². The molecule has 1 aliphatic carbocycles. The Hall–Kier alpha value is -3.01. The molecule has 3 aromatic rings. The summed E-state index contributed by atoms with van der Waals surface area (Å²) in [6.07, 6.45) is 3.56. The van der Waals surface area contributed by atoms with Gasteiger partial charge in [-0.15, -0.1) is 0 Å². The molecule has 126 valence electrons. The summed E-state index contributed by atoms with van der Waals surface area (Å²) >= 11 is 0. The second-order valence-electron chi connectivity index (χ2n) is 6.26. The summed E-state index contributed by atoms with van der Waals surface area (Å²) < 4.78 is 10.9. The van der Waals surface area contributed by atoms with Crippen molar-refractivity contribution in [3.8, 4) is 11.5 Å². The number of hydrogen-bond acceptors (Lipinski definition) is 3. The minimum atomic E-state index is 0.604. The SMILES string of the molecule is COc1cc2c(cc1OC)C(c1c[nH]c3cccc(C)c13)=C(C=O)C2. The number of carbonyl (C=O) groups excluding carboxylic acids is 1. The van der Waals surface area contributed by atoms with Crippen LogP contribution in [0.4, 0.5) is 0 Å². The number of ether oxygens (including phenoxy) is 2. The van der Waals surface area contributed by atoms with Crippen molar-refractivity contribution in [1.82, 2.24) is 4.98 Å². The van der Waals surface area contributed by atoms with Gasteiger partial charge in [0.2, 0.25) is 0 Å². The Morgan fingerprint density at radius 1 is 1.08 bits per heavy atom. The zero-order valence-corrected chi connectivity index (χ0v) is 14.5. The first kappa shape index (κ1) is 15.5. The number of methoxy groups -OCH3 is 2. The Labute approximate surface area is 146 Å². The highest BCUT2D eigenvalue weighted by atomic mass is 16.5. The molecular weight excluding hydrogens is 314 g/mol. The summed E-state index contributed by atoms with van der Waals surface area (Å²) in [7, 11) is 3.25. The normalized spacial score (nSPS) is 13.2. The largest absolute Gasteiger partial charge is 0.493 e. The van der Waals surface area contributed by atoms with Gasteiger partial charge in [0.25, 0.3) is 0 Å². The maximum absolute atomic E-state index is 11.8. The number of aromatic nitrogens is 1. The van der Waals surface area contributed by atoms with Crippen LogP contribution in [0.1, 0.15) is 22.3 Å². The van der Waals surface area contributed by atoms with Crippen LogP contribution in [0.15, 0.2) is 42.1 Å². The number of nitrogens with one attached hydrogen (secondary N) is 1. The molecule has 2 aromatic carbocycles. The fourth-order valence-electron chi connectivity index (χ4n) is 3.75. The van der Waals surface area contributed by atoms with Gasteiger partial charge in [0, 0.05) is 34.7 Å². The van der Waals surface area contributed by atoms with Crippen LogP contribution in [0.25, 0.3) is 16.5 Å². The van der Waals surface area contributed by atoms with E-state index in [0.717, 1.165) is 45.0 Å². The molecule has 4 heteroatoms. The molecule has 0 atom stereocenters. The Bertz CT molecular complexity index is 1030. The Morgan fingerprint density at radius 3 is 2.56 bits per heavy atom. The smallest absolute Gasteiger partial charge is 0.161 e. The van der Waals surface area contributed by atoms with Gasteiger partial charge in [0.05, 0.1) is 14.2 Å². The number of aromatic amines is 1. The van der Waals surface area contributed by atoms with Crippen LogP contribution in [0, 0.1) is 6.92 Å². The van der Waals surface area contributed by atoms with E-state index in [-0.39, 0.29) is 0 Å². The average molecular weight is 333 g/mol. The number of hydrogen-bond donors (Lipinski definition) is 1. The first-order chi connectivity index (χ1) is 12.2. The van der Waals surface area contributed by atoms with Crippen LogP contribution in [0.3, 0.4) is 0 Å². The second-order valence-corrected chi connectivity index (χ2v) is 6.26. The third-order valence-electron chi connectivity index (χ3n) is 4.91. The standard InChI is InChI=1S/C21H19NO3/c1-12-5-4-6-17-20(12)16(10-22-17)21-14(11-23)7-13-8-18(24-2)19(25-3)9-15(13)21/h4-6,8-11,22H,7H2,1-3H3. The van der Waals surface area contributed by atoms with Gasteiger partial charge in [-0.05, 0) is 47.4 Å². The monoisotopic (exact) mass is 333 g/mol. The zero-order chi connectivity index (χ0) is 17.6. The predicted octanol–water partition coefficient (Wildman–Crippen LogP) is 4.05. The molecule has 1 N–H and O–H groups in total. The fourth-order valence-corrected chi connectivity index (χ4v) is 3.75. The maximum Gasteiger partial charge on any atom is 0.161 e. The molecular formula is C21H19NO3. The Morgan fingerprint density at radius 2 is 1.84 bits per heavy atom. The van der Waals surface area contributed by atoms with E-state index in [1.807, 2.05) is 24.4 Å². The number of aryl methyl sites for hydroxylation is 1. The highest BCUT2D eigenvalue weighted by Gasteiger charge is 2.27. The molecule has 0 amide bonds. The molecule has 1 aliphatic rings. The van der Waals surface area contributed by atoms with E-state index in [2.05, 4.69) is 24.0 Å². The zero-order valence-electron chi connectivity index (χ0n) is 14.5. The third kappa shape index (κ3) is 2.25. The van der Waals surface area contributed by atoms with Crippen LogP contribution in [0.2, 0.25) is 0 Å². The molecule has 0 saturated heterocycles. The maximum atomic E-state index is 11.8. The summed E-state index contributed by atoms with van der Waals surface area (Å²) in [5, 5.41) is 1.15. The van der Waals surface area contributed by atoms with Gasteiger partial charge in [-0.25, -0.2) is 0 Å². The van der Waals surface area contributed by atoms with Crippen molar-refractivity contribution < 1.29 is 14.3 Å². The van der Waals surface area contributed by atoms with E-state index < -0.39 is 0 Å². The van der Waals surface area contributed by atoms with Crippen LogP contribution >= 0.6 is 0 Å². The first-order valence-electron chi connectivity index (χ1n) is 8.18. The number of carbonyl (C=O) groups is 1. The third-order valence-corrected chi connectivity index (χ3v) is 4.91. The minimum absolute atomic E-state index is 0.604. The lowest BCUT2D eigenvalue weighted by molar-refractivity contribution is -0.104. The van der Waals surface area contributed by atoms with E-state index in [1.54, 1.807) is 14.2 Å². The van der Waals surface area contributed by atoms with Crippen molar-refractivity contribution in [2.75, 3.05) is 14.2 Å². The number of rotatable bonds is 4. The molecule has 0 radical (unpaired) electrons. The van der Waals surface area contributed by atoms with E-state index in [9.17, 15) is 4.79 Å². The van der Waals surface area contributed by atoms with Crippen molar-refractivity contribution in [1.29, 1.82) is 0 Å². The van der Waals surface area contributed by atoms with Crippen LogP contribution in [0.5, 0.6) is 11.5 Å². The quantitative estimate of drug-likeness (QED) is 0.733. The van der Waals surface area contributed by atoms with Gasteiger partial charge in [-0.1, -0.05) is 12.1 Å². The summed E-state index contributed by atoms with van der Waals surface area (Å²) in [5.41, 5.74) is 7.19. The second kappa shape index (κ2) is 5.81. The molecule has 0 aliphatic heterocycles. The summed E-state index contributed by atoms with van der Waals surface area (Å²) in [4.78, 5) is 15.1. The summed E-state index contributed by atoms with van der Waals surface area (Å²) in [6.45, 7) is 2.09. The van der Waals surface area contributed by atoms with Crippen molar-refractivity contribution in [3.63, 3.8) is 0 Å². The van der Waals surface area contributed by atoms with Crippen molar-refractivity contribution in [2.45, 2.75) is 13.3 Å². The van der Waals surface area contributed by atoms with Gasteiger partial charge in [-0.2, -0.15) is 0 Å². The number of aldehydes is 1. The van der Waals surface area contributed by atoms with Gasteiger partial charge in [0.1, 0.15) is 6.29 Å². The van der Waals surface area contributed by atoms with Crippen molar-refractivity contribution >= 4 is 22.8 Å². The molecule has 25 heavy (non-hydrogen) atoms. The van der Waals surface area contributed by atoms with E-state index >= 15 is 0 Å². The van der Waals surface area contributed by atoms with Crippen molar-refractivity contribution in [3.05, 3.63) is 64.4 Å². The average Bonchev–Trinajstić information content (AvgIpc) is 3.21. The van der Waals surface area contributed by atoms with Crippen LogP contribution < -0.4 is 9.47 Å². The summed E-state index contributed by atoms with van der Waals surface area (Å²) in [5.74, 6) is 1.35. The van der Waals surface area contributed by atoms with E-state index in [1.165, 1.54) is 5.56 Å². The fraction of sp³-hybridized carbons (Fsp3) is 0.190. The van der Waals surface area contributed by atoms with Crippen molar-refractivity contribution in [2.24, 2.45) is 0 Å². The highest BCUT2D eigenvalue weighted by Crippen LogP contribution is 2.44. The van der Waals surface area contributed by atoms with Crippen LogP contribution in [-0.2, 0) is 11.2 Å². The Kier molecular flexibility index (Phi) is 3.61. The minimum Gasteiger partial charge on any atom is -0.493 e. The predicted molar refractivity (Wildman–Crippen MR) is 98.4 cm³/mol. The highest BCUT2D eigenvalue weighted by molar-refractivity contribution is 6.06. The van der Waals surface area contributed by atoms with Gasteiger partial charge < -0.3 is 14.5 Å². The van der Waals surface area contributed by atoms with E-state index in [4.69, 9.17) is 9.47 Å². The molecule has 0 saturated carbocycles. The van der Waals surface area contributed by atoms with Crippen LogP contribution in [-0.4, -0.2) is 25.5 Å². The molecule has 0 unspecified atom stereocenters. The first-order valence-corrected chi connectivity index (χ1v) is 8.18. The lowest BCUT2D eigenvalue weighted by Gasteiger charge is -2.12. The number of fused-ring (bicyclic) bond motifs is 2. The molecule has 1 heterocycles. The Balaban J connectivity index is 2.00. The van der Waals surface area contributed by atoms with Gasteiger partial charge in [-0.3, -0.25) is 4.79 Å². The lowest BCUT2D eigenvalue weighted by Crippen LogP contribution is -1.95. The number of benzene rings is 2. The molecule has 0 fully saturated rings. The topological polar surface area (TPSA) is 51.3 Å². The molecule has 1 aromatic heterocycles. The number of H-pyrrole nitrogens is 1. The molecule has 0 bridgehead atoms. The van der Waals surface area contributed by atoms with E-state index in [0.29, 0.717) is 17.9 Å². The molecule has 4 nitrogen and oxygen atoms in total. The molecule has 0 spiro atoms.